The van der Waals surface area contributed by atoms with Crippen molar-refractivity contribution in [3.05, 3.63) is 72.1 Å². The van der Waals surface area contributed by atoms with Crippen LogP contribution in [0.3, 0.4) is 0 Å². The molecule has 0 bridgehead atoms. The summed E-state index contributed by atoms with van der Waals surface area (Å²) in [4.78, 5) is 19.5. The summed E-state index contributed by atoms with van der Waals surface area (Å²) in [5.74, 6) is 2.26. The number of hydrogen-bond acceptors (Lipinski definition) is 6. The highest BCUT2D eigenvalue weighted by molar-refractivity contribution is 5.92. The van der Waals surface area contributed by atoms with E-state index in [0.29, 0.717) is 26.2 Å². The molecule has 1 saturated heterocycles. The minimum atomic E-state index is 0.0315. The quantitative estimate of drug-likeness (QED) is 0.443. The second kappa shape index (κ2) is 9.99. The van der Waals surface area contributed by atoms with Crippen LogP contribution in [-0.2, 0) is 11.2 Å². The Labute approximate surface area is 209 Å². The molecule has 0 spiro atoms. The predicted octanol–water partition coefficient (Wildman–Crippen LogP) is 4.18. The highest BCUT2D eigenvalue weighted by Crippen LogP contribution is 2.34. The lowest BCUT2D eigenvalue weighted by Gasteiger charge is -2.25. The maximum Gasteiger partial charge on any atom is 0.238 e. The summed E-state index contributed by atoms with van der Waals surface area (Å²) in [7, 11) is 0. The standard InChI is InChI=1S/C28H29N5O3/c34-28(19-32-12-2-1-3-13-32)29-22-7-4-6-20(16-22)17-26-30-27-9-5-8-23(33(27)31-26)21-10-11-24-25(18-21)36-15-14-35-24/h4-11,16,18H,1-3,12-15,17,19H2,(H,29,34). The van der Waals surface area contributed by atoms with Gasteiger partial charge in [0.15, 0.2) is 23.0 Å². The molecule has 36 heavy (non-hydrogen) atoms. The molecular formula is C28H29N5O3. The lowest BCUT2D eigenvalue weighted by atomic mass is 10.1. The van der Waals surface area contributed by atoms with Crippen molar-refractivity contribution in [2.24, 2.45) is 0 Å². The van der Waals surface area contributed by atoms with E-state index in [1.54, 1.807) is 0 Å². The zero-order valence-corrected chi connectivity index (χ0v) is 20.2. The average Bonchev–Trinajstić information content (AvgIpc) is 3.31. The van der Waals surface area contributed by atoms with Gasteiger partial charge in [0.25, 0.3) is 0 Å². The number of carbonyl (C=O) groups excluding carboxylic acids is 1. The van der Waals surface area contributed by atoms with Gasteiger partial charge in [-0.1, -0.05) is 24.6 Å². The summed E-state index contributed by atoms with van der Waals surface area (Å²) in [5, 5.41) is 7.85. The maximum atomic E-state index is 12.5. The fraction of sp³-hybridized carbons (Fsp3) is 0.321. The number of ether oxygens (including phenoxy) is 2. The molecule has 8 heteroatoms. The van der Waals surface area contributed by atoms with E-state index in [1.165, 1.54) is 19.3 Å². The Balaban J connectivity index is 1.19. The normalized spacial score (nSPS) is 15.7. The zero-order valence-electron chi connectivity index (χ0n) is 20.2. The molecule has 2 aromatic heterocycles. The minimum Gasteiger partial charge on any atom is -0.486 e. The Bertz CT molecular complexity index is 1390. The third-order valence-corrected chi connectivity index (χ3v) is 6.63. The summed E-state index contributed by atoms with van der Waals surface area (Å²) < 4.78 is 13.3. The summed E-state index contributed by atoms with van der Waals surface area (Å²) in [6, 6.07) is 19.8. The van der Waals surface area contributed by atoms with E-state index in [9.17, 15) is 4.79 Å². The Morgan fingerprint density at radius 1 is 0.917 bits per heavy atom. The van der Waals surface area contributed by atoms with Crippen LogP contribution in [-0.4, -0.2) is 58.3 Å². The van der Waals surface area contributed by atoms with Crippen LogP contribution in [0, 0.1) is 0 Å². The van der Waals surface area contributed by atoms with Crippen molar-refractivity contribution in [1.29, 1.82) is 0 Å². The first kappa shape index (κ1) is 22.5. The predicted molar refractivity (Wildman–Crippen MR) is 138 cm³/mol. The van der Waals surface area contributed by atoms with Crippen molar-refractivity contribution in [1.82, 2.24) is 19.5 Å². The molecule has 0 saturated carbocycles. The number of anilines is 1. The molecule has 2 aromatic carbocycles. The van der Waals surface area contributed by atoms with Gasteiger partial charge >= 0.3 is 0 Å². The molecule has 0 atom stereocenters. The number of benzene rings is 2. The second-order valence-electron chi connectivity index (χ2n) is 9.33. The zero-order chi connectivity index (χ0) is 24.3. The molecular weight excluding hydrogens is 454 g/mol. The lowest BCUT2D eigenvalue weighted by molar-refractivity contribution is -0.117. The molecule has 4 aromatic rings. The summed E-state index contributed by atoms with van der Waals surface area (Å²) in [6.07, 6.45) is 4.17. The van der Waals surface area contributed by atoms with Gasteiger partial charge in [0.2, 0.25) is 5.91 Å². The number of fused-ring (bicyclic) bond motifs is 2. The van der Waals surface area contributed by atoms with Crippen LogP contribution < -0.4 is 14.8 Å². The van der Waals surface area contributed by atoms with Crippen LogP contribution in [0.15, 0.2) is 60.7 Å². The van der Waals surface area contributed by atoms with Gasteiger partial charge in [-0.3, -0.25) is 9.69 Å². The Hall–Kier alpha value is -3.91. The molecule has 0 radical (unpaired) electrons. The number of piperidine rings is 1. The highest BCUT2D eigenvalue weighted by Gasteiger charge is 2.16. The molecule has 1 amide bonds. The van der Waals surface area contributed by atoms with Gasteiger partial charge in [0.05, 0.1) is 12.2 Å². The van der Waals surface area contributed by atoms with Crippen LogP contribution in [0.25, 0.3) is 16.9 Å². The third-order valence-electron chi connectivity index (χ3n) is 6.63. The number of aromatic nitrogens is 3. The first-order chi connectivity index (χ1) is 17.7. The molecule has 8 nitrogen and oxygen atoms in total. The van der Waals surface area contributed by atoms with Gasteiger partial charge in [-0.2, -0.15) is 5.10 Å². The number of nitrogens with one attached hydrogen (secondary N) is 1. The van der Waals surface area contributed by atoms with E-state index in [2.05, 4.69) is 10.2 Å². The van der Waals surface area contributed by atoms with Crippen LogP contribution in [0.2, 0.25) is 0 Å². The van der Waals surface area contributed by atoms with Crippen LogP contribution in [0.1, 0.15) is 30.7 Å². The first-order valence-electron chi connectivity index (χ1n) is 12.6. The Kier molecular flexibility index (Phi) is 6.26. The average molecular weight is 484 g/mol. The van der Waals surface area contributed by atoms with Gasteiger partial charge in [0, 0.05) is 17.7 Å². The van der Waals surface area contributed by atoms with E-state index in [1.807, 2.05) is 65.2 Å². The Morgan fingerprint density at radius 2 is 1.75 bits per heavy atom. The lowest BCUT2D eigenvalue weighted by Crippen LogP contribution is -2.36. The maximum absolute atomic E-state index is 12.5. The van der Waals surface area contributed by atoms with Crippen molar-refractivity contribution in [2.75, 3.05) is 38.2 Å². The topological polar surface area (TPSA) is 81.0 Å². The number of carbonyl (C=O) groups is 1. The van der Waals surface area contributed by atoms with Gasteiger partial charge in [-0.15, -0.1) is 0 Å². The number of amides is 1. The number of hydrogen-bond donors (Lipinski definition) is 1. The SMILES string of the molecule is O=C(CN1CCCCC1)Nc1cccc(Cc2nc3cccc(-c4ccc5c(c4)OCCO5)n3n2)c1. The molecule has 6 rings (SSSR count). The summed E-state index contributed by atoms with van der Waals surface area (Å²) >= 11 is 0. The molecule has 2 aliphatic heterocycles. The molecule has 4 heterocycles. The Morgan fingerprint density at radius 3 is 2.64 bits per heavy atom. The fourth-order valence-electron chi connectivity index (χ4n) is 4.91. The summed E-state index contributed by atoms with van der Waals surface area (Å²) in [5.41, 5.74) is 4.54. The first-order valence-corrected chi connectivity index (χ1v) is 12.6. The van der Waals surface area contributed by atoms with Crippen LogP contribution >= 0.6 is 0 Å². The van der Waals surface area contributed by atoms with Crippen LogP contribution in [0.5, 0.6) is 11.5 Å². The number of rotatable bonds is 6. The second-order valence-corrected chi connectivity index (χ2v) is 9.33. The van der Waals surface area contributed by atoms with Gasteiger partial charge in [-0.05, 0) is 74.0 Å². The number of nitrogens with zero attached hydrogens (tertiary/aromatic N) is 4. The number of pyridine rings is 1. The van der Waals surface area contributed by atoms with Crippen LogP contribution in [0.4, 0.5) is 5.69 Å². The minimum absolute atomic E-state index is 0.0315. The largest absolute Gasteiger partial charge is 0.486 e. The van der Waals surface area contributed by atoms with Crippen molar-refractivity contribution in [3.8, 4) is 22.8 Å². The third kappa shape index (κ3) is 4.90. The highest BCUT2D eigenvalue weighted by atomic mass is 16.6. The smallest absolute Gasteiger partial charge is 0.238 e. The molecule has 1 N–H and O–H groups in total. The van der Waals surface area contributed by atoms with Gasteiger partial charge in [0.1, 0.15) is 13.2 Å². The van der Waals surface area contributed by atoms with E-state index >= 15 is 0 Å². The molecule has 184 valence electrons. The van der Waals surface area contributed by atoms with Crippen molar-refractivity contribution in [2.45, 2.75) is 25.7 Å². The van der Waals surface area contributed by atoms with E-state index in [0.717, 1.165) is 58.6 Å². The van der Waals surface area contributed by atoms with Crippen molar-refractivity contribution >= 4 is 17.2 Å². The van der Waals surface area contributed by atoms with E-state index < -0.39 is 0 Å². The molecule has 0 aliphatic carbocycles. The van der Waals surface area contributed by atoms with Gasteiger partial charge < -0.3 is 14.8 Å². The van der Waals surface area contributed by atoms with Gasteiger partial charge in [-0.25, -0.2) is 9.50 Å². The molecule has 0 unspecified atom stereocenters. The monoisotopic (exact) mass is 483 g/mol. The summed E-state index contributed by atoms with van der Waals surface area (Å²) in [6.45, 7) is 3.56. The fourth-order valence-corrected chi connectivity index (χ4v) is 4.91. The van der Waals surface area contributed by atoms with Crippen molar-refractivity contribution < 1.29 is 14.3 Å². The molecule has 1 fully saturated rings. The van der Waals surface area contributed by atoms with E-state index in [-0.39, 0.29) is 5.91 Å². The van der Waals surface area contributed by atoms with E-state index in [4.69, 9.17) is 19.6 Å². The molecule has 2 aliphatic rings. The van der Waals surface area contributed by atoms with Crippen molar-refractivity contribution in [3.63, 3.8) is 0 Å². The number of likely N-dealkylation sites (tertiary alicyclic amines) is 1.